The summed E-state index contributed by atoms with van der Waals surface area (Å²) in [6.07, 6.45) is 5.36. The molecule has 0 aliphatic heterocycles. The lowest BCUT2D eigenvalue weighted by Crippen LogP contribution is -1.77. The van der Waals surface area contributed by atoms with Crippen LogP contribution in [-0.2, 0) is 6.42 Å². The third-order valence-corrected chi connectivity index (χ3v) is 2.49. The molecule has 0 spiro atoms. The molecule has 1 heterocycles. The van der Waals surface area contributed by atoms with Crippen molar-refractivity contribution in [1.82, 2.24) is 4.98 Å². The molecule has 1 aromatic carbocycles. The van der Waals surface area contributed by atoms with E-state index in [1.807, 2.05) is 30.3 Å². The summed E-state index contributed by atoms with van der Waals surface area (Å²) in [6.45, 7) is 3.67. The molecule has 0 aliphatic carbocycles. The van der Waals surface area contributed by atoms with Crippen LogP contribution in [0, 0.1) is 0 Å². The predicted molar refractivity (Wildman–Crippen MR) is 65.5 cm³/mol. The second kappa shape index (κ2) is 4.99. The van der Waals surface area contributed by atoms with Crippen LogP contribution in [0.1, 0.15) is 12.2 Å². The third-order valence-electron chi connectivity index (χ3n) is 2.24. The van der Waals surface area contributed by atoms with Crippen molar-refractivity contribution in [3.63, 3.8) is 0 Å². The maximum absolute atomic E-state index is 5.81. The molecule has 82 valence electrons. The topological polar surface area (TPSA) is 26.0 Å². The first-order valence-electron chi connectivity index (χ1n) is 5.11. The van der Waals surface area contributed by atoms with Gasteiger partial charge in [-0.1, -0.05) is 17.7 Å². The van der Waals surface area contributed by atoms with Crippen molar-refractivity contribution in [2.24, 2.45) is 0 Å². The smallest absolute Gasteiger partial charge is 0.226 e. The van der Waals surface area contributed by atoms with E-state index in [9.17, 15) is 0 Å². The van der Waals surface area contributed by atoms with Gasteiger partial charge in [0.05, 0.1) is 6.20 Å². The zero-order valence-electron chi connectivity index (χ0n) is 8.82. The number of hydrogen-bond donors (Lipinski definition) is 0. The Labute approximate surface area is 99.6 Å². The molecule has 0 saturated heterocycles. The number of aromatic nitrogens is 1. The number of aryl methyl sites for hydroxylation is 1. The van der Waals surface area contributed by atoms with Gasteiger partial charge in [0.1, 0.15) is 5.76 Å². The van der Waals surface area contributed by atoms with E-state index in [2.05, 4.69) is 11.6 Å². The summed E-state index contributed by atoms with van der Waals surface area (Å²) in [5, 5.41) is 0.710. The highest BCUT2D eigenvalue weighted by Gasteiger charge is 2.05. The van der Waals surface area contributed by atoms with Crippen LogP contribution in [0.4, 0.5) is 0 Å². The SMILES string of the molecule is C=CCCc1cnc(-c2ccc(Cl)cc2)o1. The van der Waals surface area contributed by atoms with E-state index < -0.39 is 0 Å². The van der Waals surface area contributed by atoms with Crippen molar-refractivity contribution >= 4 is 11.6 Å². The number of allylic oxidation sites excluding steroid dienone is 1. The van der Waals surface area contributed by atoms with Crippen LogP contribution < -0.4 is 0 Å². The molecule has 0 aliphatic rings. The Bertz CT molecular complexity index is 473. The molecular formula is C13H12ClNO. The van der Waals surface area contributed by atoms with Gasteiger partial charge in [0.25, 0.3) is 0 Å². The minimum Gasteiger partial charge on any atom is -0.441 e. The average molecular weight is 234 g/mol. The molecule has 0 N–H and O–H groups in total. The van der Waals surface area contributed by atoms with E-state index in [0.29, 0.717) is 10.9 Å². The second-order valence-electron chi connectivity index (χ2n) is 3.47. The molecule has 0 amide bonds. The van der Waals surface area contributed by atoms with Gasteiger partial charge < -0.3 is 4.42 Å². The zero-order chi connectivity index (χ0) is 11.4. The molecule has 16 heavy (non-hydrogen) atoms. The minimum atomic E-state index is 0.635. The first-order chi connectivity index (χ1) is 7.79. The van der Waals surface area contributed by atoms with Crippen LogP contribution >= 0.6 is 11.6 Å². The molecule has 0 fully saturated rings. The third kappa shape index (κ3) is 2.52. The van der Waals surface area contributed by atoms with Crippen molar-refractivity contribution in [2.75, 3.05) is 0 Å². The molecule has 0 atom stereocenters. The Kier molecular flexibility index (Phi) is 3.42. The van der Waals surface area contributed by atoms with Crippen LogP contribution in [-0.4, -0.2) is 4.98 Å². The first-order valence-corrected chi connectivity index (χ1v) is 5.49. The fourth-order valence-corrected chi connectivity index (χ4v) is 1.52. The van der Waals surface area contributed by atoms with Gasteiger partial charge in [-0.2, -0.15) is 0 Å². The highest BCUT2D eigenvalue weighted by atomic mass is 35.5. The molecule has 0 bridgehead atoms. The lowest BCUT2D eigenvalue weighted by Gasteiger charge is -1.95. The van der Waals surface area contributed by atoms with Gasteiger partial charge in [-0.25, -0.2) is 4.98 Å². The maximum atomic E-state index is 5.81. The quantitative estimate of drug-likeness (QED) is 0.743. The summed E-state index contributed by atoms with van der Waals surface area (Å²) in [6, 6.07) is 7.44. The molecule has 1 aromatic heterocycles. The fourth-order valence-electron chi connectivity index (χ4n) is 1.39. The summed E-state index contributed by atoms with van der Waals surface area (Å²) in [4.78, 5) is 4.22. The number of nitrogens with zero attached hydrogens (tertiary/aromatic N) is 1. The highest BCUT2D eigenvalue weighted by molar-refractivity contribution is 6.30. The zero-order valence-corrected chi connectivity index (χ0v) is 9.57. The van der Waals surface area contributed by atoms with Crippen LogP contribution in [0.15, 0.2) is 47.5 Å². The van der Waals surface area contributed by atoms with E-state index in [1.165, 1.54) is 0 Å². The van der Waals surface area contributed by atoms with Crippen LogP contribution in [0.5, 0.6) is 0 Å². The van der Waals surface area contributed by atoms with Crippen molar-refractivity contribution in [1.29, 1.82) is 0 Å². The molecule has 3 heteroatoms. The molecule has 2 nitrogen and oxygen atoms in total. The average Bonchev–Trinajstić information content (AvgIpc) is 2.76. The van der Waals surface area contributed by atoms with E-state index in [1.54, 1.807) is 6.20 Å². The van der Waals surface area contributed by atoms with Crippen LogP contribution in [0.2, 0.25) is 5.02 Å². The van der Waals surface area contributed by atoms with Gasteiger partial charge in [0, 0.05) is 17.0 Å². The monoisotopic (exact) mass is 233 g/mol. The Balaban J connectivity index is 2.17. The molecule has 0 unspecified atom stereocenters. The lowest BCUT2D eigenvalue weighted by molar-refractivity contribution is 0.518. The Morgan fingerprint density at radius 2 is 2.06 bits per heavy atom. The van der Waals surface area contributed by atoms with E-state index in [-0.39, 0.29) is 0 Å². The van der Waals surface area contributed by atoms with Gasteiger partial charge >= 0.3 is 0 Å². The minimum absolute atomic E-state index is 0.635. The van der Waals surface area contributed by atoms with E-state index in [4.69, 9.17) is 16.0 Å². The van der Waals surface area contributed by atoms with Gasteiger partial charge in [-0.05, 0) is 30.7 Å². The summed E-state index contributed by atoms with van der Waals surface area (Å²) in [5.74, 6) is 1.51. The number of benzene rings is 1. The molecule has 2 rings (SSSR count). The summed E-state index contributed by atoms with van der Waals surface area (Å²) < 4.78 is 5.61. The van der Waals surface area contributed by atoms with Crippen LogP contribution in [0.25, 0.3) is 11.5 Å². The first kappa shape index (κ1) is 11.0. The Hall–Kier alpha value is -1.54. The molecule has 0 saturated carbocycles. The van der Waals surface area contributed by atoms with Crippen molar-refractivity contribution in [2.45, 2.75) is 12.8 Å². The van der Waals surface area contributed by atoms with Crippen LogP contribution in [0.3, 0.4) is 0 Å². The van der Waals surface area contributed by atoms with Crippen molar-refractivity contribution in [3.05, 3.63) is 53.9 Å². The normalized spacial score (nSPS) is 10.3. The lowest BCUT2D eigenvalue weighted by atomic mass is 10.2. The fraction of sp³-hybridized carbons (Fsp3) is 0.154. The number of oxazole rings is 1. The van der Waals surface area contributed by atoms with Crippen molar-refractivity contribution in [3.8, 4) is 11.5 Å². The maximum Gasteiger partial charge on any atom is 0.226 e. The highest BCUT2D eigenvalue weighted by Crippen LogP contribution is 2.21. The number of hydrogen-bond acceptors (Lipinski definition) is 2. The van der Waals surface area contributed by atoms with E-state index >= 15 is 0 Å². The summed E-state index contributed by atoms with van der Waals surface area (Å²) in [5.41, 5.74) is 0.939. The van der Waals surface area contributed by atoms with Gasteiger partial charge in [-0.3, -0.25) is 0 Å². The Morgan fingerprint density at radius 1 is 1.31 bits per heavy atom. The number of rotatable bonds is 4. The van der Waals surface area contributed by atoms with Crippen molar-refractivity contribution < 1.29 is 4.42 Å². The van der Waals surface area contributed by atoms with Gasteiger partial charge in [0.15, 0.2) is 0 Å². The standard InChI is InChI=1S/C13H12ClNO/c1-2-3-4-12-9-15-13(16-12)10-5-7-11(14)8-6-10/h2,5-9H,1,3-4H2. The molecular weight excluding hydrogens is 222 g/mol. The predicted octanol–water partition coefficient (Wildman–Crippen LogP) is 4.11. The van der Waals surface area contributed by atoms with Gasteiger partial charge in [0.2, 0.25) is 5.89 Å². The second-order valence-corrected chi connectivity index (χ2v) is 3.90. The molecule has 0 radical (unpaired) electrons. The Morgan fingerprint density at radius 3 is 2.75 bits per heavy atom. The largest absolute Gasteiger partial charge is 0.441 e. The summed E-state index contributed by atoms with van der Waals surface area (Å²) in [7, 11) is 0. The number of halogens is 1. The van der Waals surface area contributed by atoms with E-state index in [0.717, 1.165) is 24.2 Å². The molecule has 2 aromatic rings. The summed E-state index contributed by atoms with van der Waals surface area (Å²) >= 11 is 5.81. The van der Waals surface area contributed by atoms with Gasteiger partial charge in [-0.15, -0.1) is 6.58 Å².